The van der Waals surface area contributed by atoms with Crippen LogP contribution in [0.25, 0.3) is 0 Å². The maximum atomic E-state index is 9.70. The van der Waals surface area contributed by atoms with Gasteiger partial charge in [-0.05, 0) is 49.4 Å². The van der Waals surface area contributed by atoms with Crippen LogP contribution in [-0.2, 0) is 12.8 Å². The lowest BCUT2D eigenvalue weighted by molar-refractivity contribution is 0.141. The van der Waals surface area contributed by atoms with Crippen molar-refractivity contribution in [2.75, 3.05) is 7.11 Å². The van der Waals surface area contributed by atoms with E-state index in [0.29, 0.717) is 6.42 Å². The first-order valence-electron chi connectivity index (χ1n) is 6.18. The highest BCUT2D eigenvalue weighted by Crippen LogP contribution is 2.20. The van der Waals surface area contributed by atoms with Crippen molar-refractivity contribution < 1.29 is 9.84 Å². The fourth-order valence-corrected chi connectivity index (χ4v) is 1.87. The Hall–Kier alpha value is -1.06. The summed E-state index contributed by atoms with van der Waals surface area (Å²) in [6.45, 7) is 3.96. The second-order valence-electron chi connectivity index (χ2n) is 4.45. The molecule has 0 aliphatic carbocycles. The van der Waals surface area contributed by atoms with Crippen LogP contribution >= 0.6 is 0 Å². The highest BCUT2D eigenvalue weighted by Gasteiger charge is 2.11. The summed E-state index contributed by atoms with van der Waals surface area (Å²) in [6.07, 6.45) is 2.11. The lowest BCUT2D eigenvalue weighted by atomic mass is 9.97. The molecule has 0 saturated heterocycles. The molecule has 1 aromatic rings. The molecule has 3 heteroatoms. The van der Waals surface area contributed by atoms with E-state index in [4.69, 9.17) is 10.5 Å². The molecule has 96 valence electrons. The number of nitrogens with two attached hydrogens (primary N) is 1. The summed E-state index contributed by atoms with van der Waals surface area (Å²) < 4.78 is 5.21. The van der Waals surface area contributed by atoms with Gasteiger partial charge in [-0.25, -0.2) is 0 Å². The van der Waals surface area contributed by atoms with Crippen molar-refractivity contribution in [1.82, 2.24) is 0 Å². The molecule has 3 N–H and O–H groups in total. The minimum atomic E-state index is -0.429. The smallest absolute Gasteiger partial charge is 0.119 e. The molecular weight excluding hydrogens is 214 g/mol. The van der Waals surface area contributed by atoms with E-state index >= 15 is 0 Å². The molecule has 0 aliphatic heterocycles. The number of hydrogen-bond acceptors (Lipinski definition) is 3. The zero-order valence-electron chi connectivity index (χ0n) is 10.9. The Labute approximate surface area is 104 Å². The van der Waals surface area contributed by atoms with Gasteiger partial charge in [0.2, 0.25) is 0 Å². The van der Waals surface area contributed by atoms with Gasteiger partial charge in [-0.2, -0.15) is 0 Å². The maximum absolute atomic E-state index is 9.70. The quantitative estimate of drug-likeness (QED) is 0.794. The van der Waals surface area contributed by atoms with Gasteiger partial charge in [0.15, 0.2) is 0 Å². The van der Waals surface area contributed by atoms with Gasteiger partial charge in [0.1, 0.15) is 5.75 Å². The molecule has 2 unspecified atom stereocenters. The van der Waals surface area contributed by atoms with Crippen molar-refractivity contribution in [2.45, 2.75) is 45.3 Å². The number of rotatable bonds is 6. The number of ether oxygens (including phenoxy) is 1. The van der Waals surface area contributed by atoms with Gasteiger partial charge in [0.05, 0.1) is 13.2 Å². The van der Waals surface area contributed by atoms with E-state index in [1.807, 2.05) is 13.0 Å². The van der Waals surface area contributed by atoms with Gasteiger partial charge in [-0.3, -0.25) is 0 Å². The Balaban J connectivity index is 2.70. The lowest BCUT2D eigenvalue weighted by Gasteiger charge is -2.16. The second kappa shape index (κ2) is 6.62. The van der Waals surface area contributed by atoms with E-state index in [2.05, 4.69) is 19.1 Å². The first kappa shape index (κ1) is 14.0. The van der Waals surface area contributed by atoms with Crippen LogP contribution in [0.15, 0.2) is 18.2 Å². The van der Waals surface area contributed by atoms with Crippen molar-refractivity contribution in [3.8, 4) is 5.75 Å². The average molecular weight is 237 g/mol. The average Bonchev–Trinajstić information content (AvgIpc) is 2.35. The molecule has 17 heavy (non-hydrogen) atoms. The number of aliphatic hydroxyl groups excluding tert-OH is 1. The second-order valence-corrected chi connectivity index (χ2v) is 4.45. The van der Waals surface area contributed by atoms with Crippen LogP contribution < -0.4 is 10.5 Å². The highest BCUT2D eigenvalue weighted by atomic mass is 16.5. The molecule has 2 atom stereocenters. The molecule has 0 fully saturated rings. The van der Waals surface area contributed by atoms with Crippen molar-refractivity contribution in [3.63, 3.8) is 0 Å². The van der Waals surface area contributed by atoms with E-state index in [0.717, 1.165) is 18.6 Å². The summed E-state index contributed by atoms with van der Waals surface area (Å²) in [5.74, 6) is 0.887. The van der Waals surface area contributed by atoms with Gasteiger partial charge in [0.25, 0.3) is 0 Å². The molecule has 0 aromatic heterocycles. The molecule has 1 rings (SSSR count). The van der Waals surface area contributed by atoms with Gasteiger partial charge < -0.3 is 15.6 Å². The number of methoxy groups -OCH3 is 1. The maximum Gasteiger partial charge on any atom is 0.119 e. The van der Waals surface area contributed by atoms with Gasteiger partial charge in [-0.15, -0.1) is 0 Å². The van der Waals surface area contributed by atoms with Crippen LogP contribution in [0.2, 0.25) is 0 Å². The third kappa shape index (κ3) is 4.02. The van der Waals surface area contributed by atoms with E-state index in [1.54, 1.807) is 7.11 Å². The topological polar surface area (TPSA) is 55.5 Å². The summed E-state index contributed by atoms with van der Waals surface area (Å²) in [5, 5.41) is 9.70. The molecule has 3 nitrogen and oxygen atoms in total. The fourth-order valence-electron chi connectivity index (χ4n) is 1.87. The van der Waals surface area contributed by atoms with Gasteiger partial charge in [0, 0.05) is 6.04 Å². The third-order valence-electron chi connectivity index (χ3n) is 3.11. The van der Waals surface area contributed by atoms with Crippen LogP contribution in [0.4, 0.5) is 0 Å². The van der Waals surface area contributed by atoms with E-state index in [9.17, 15) is 5.11 Å². The summed E-state index contributed by atoms with van der Waals surface area (Å²) in [6, 6.07) is 5.93. The number of hydrogen-bond donors (Lipinski definition) is 2. The normalized spacial score (nSPS) is 14.4. The molecule has 0 spiro atoms. The number of benzene rings is 1. The van der Waals surface area contributed by atoms with E-state index < -0.39 is 6.10 Å². The largest absolute Gasteiger partial charge is 0.497 e. The summed E-state index contributed by atoms with van der Waals surface area (Å²) in [5.41, 5.74) is 8.20. The van der Waals surface area contributed by atoms with Gasteiger partial charge >= 0.3 is 0 Å². The summed E-state index contributed by atoms with van der Waals surface area (Å²) in [4.78, 5) is 0. The van der Waals surface area contributed by atoms with Crippen LogP contribution in [0.5, 0.6) is 5.75 Å². The third-order valence-corrected chi connectivity index (χ3v) is 3.11. The van der Waals surface area contributed by atoms with Crippen molar-refractivity contribution >= 4 is 0 Å². The lowest BCUT2D eigenvalue weighted by Crippen LogP contribution is -2.31. The molecule has 0 saturated carbocycles. The van der Waals surface area contributed by atoms with E-state index in [-0.39, 0.29) is 6.04 Å². The first-order chi connectivity index (χ1) is 8.08. The SMILES string of the molecule is CCc1cc(OC)ccc1CCC(O)C(C)N. The molecule has 0 amide bonds. The Morgan fingerprint density at radius 3 is 2.59 bits per heavy atom. The summed E-state index contributed by atoms with van der Waals surface area (Å²) in [7, 11) is 1.67. The Kier molecular flexibility index (Phi) is 5.45. The van der Waals surface area contributed by atoms with Crippen LogP contribution in [0.3, 0.4) is 0 Å². The summed E-state index contributed by atoms with van der Waals surface area (Å²) >= 11 is 0. The predicted octanol–water partition coefficient (Wildman–Crippen LogP) is 1.90. The number of aliphatic hydroxyl groups is 1. The standard InChI is InChI=1S/C14H23NO2/c1-4-11-9-13(17-3)7-5-12(11)6-8-14(16)10(2)15/h5,7,9-10,14,16H,4,6,8,15H2,1-3H3. The molecule has 0 bridgehead atoms. The Morgan fingerprint density at radius 1 is 1.35 bits per heavy atom. The fraction of sp³-hybridized carbons (Fsp3) is 0.571. The molecular formula is C14H23NO2. The monoisotopic (exact) mass is 237 g/mol. The first-order valence-corrected chi connectivity index (χ1v) is 6.18. The Morgan fingerprint density at radius 2 is 2.06 bits per heavy atom. The van der Waals surface area contributed by atoms with Crippen molar-refractivity contribution in [1.29, 1.82) is 0 Å². The molecule has 0 radical (unpaired) electrons. The predicted molar refractivity (Wildman–Crippen MR) is 70.3 cm³/mol. The Bertz CT molecular complexity index is 350. The zero-order valence-corrected chi connectivity index (χ0v) is 10.9. The minimum Gasteiger partial charge on any atom is -0.497 e. The van der Waals surface area contributed by atoms with Crippen molar-refractivity contribution in [3.05, 3.63) is 29.3 Å². The minimum absolute atomic E-state index is 0.168. The zero-order chi connectivity index (χ0) is 12.8. The van der Waals surface area contributed by atoms with Crippen molar-refractivity contribution in [2.24, 2.45) is 5.73 Å². The van der Waals surface area contributed by atoms with Crippen LogP contribution in [0.1, 0.15) is 31.4 Å². The highest BCUT2D eigenvalue weighted by molar-refractivity contribution is 5.35. The number of aryl methyl sites for hydroxylation is 2. The van der Waals surface area contributed by atoms with Crippen LogP contribution in [-0.4, -0.2) is 24.4 Å². The van der Waals surface area contributed by atoms with Crippen LogP contribution in [0, 0.1) is 0 Å². The van der Waals surface area contributed by atoms with E-state index in [1.165, 1.54) is 11.1 Å². The molecule has 0 heterocycles. The molecule has 1 aromatic carbocycles. The molecule has 0 aliphatic rings. The van der Waals surface area contributed by atoms with Gasteiger partial charge in [-0.1, -0.05) is 13.0 Å².